The Bertz CT molecular complexity index is 1140. The number of carbonyl (C=O) groups excluding carboxylic acids is 2. The number of unbranched alkanes of at least 4 members (excludes halogenated alkanes) is 1. The second-order valence-electron chi connectivity index (χ2n) is 6.88. The molecule has 0 bridgehead atoms. The highest BCUT2D eigenvalue weighted by Gasteiger charge is 2.27. The lowest BCUT2D eigenvalue weighted by atomic mass is 10.1. The number of halogens is 3. The number of fused-ring (bicyclic) bond motifs is 1. The van der Waals surface area contributed by atoms with Gasteiger partial charge in [0.25, 0.3) is 5.91 Å². The van der Waals surface area contributed by atoms with E-state index in [-0.39, 0.29) is 40.8 Å². The third-order valence-electron chi connectivity index (χ3n) is 4.84. The Morgan fingerprint density at radius 1 is 1.23 bits per heavy atom. The molecule has 0 saturated carbocycles. The molecule has 0 spiro atoms. The number of hydrogen-bond donors (Lipinski definition) is 1. The Balaban J connectivity index is 2.17. The molecule has 3 rings (SSSR count). The average Bonchev–Trinajstić information content (AvgIpc) is 2.97. The van der Waals surface area contributed by atoms with Crippen LogP contribution in [0.15, 0.2) is 30.3 Å². The van der Waals surface area contributed by atoms with Crippen LogP contribution in [0.1, 0.15) is 41.4 Å². The first-order valence-corrected chi connectivity index (χ1v) is 9.80. The second kappa shape index (κ2) is 8.83. The van der Waals surface area contributed by atoms with E-state index in [0.29, 0.717) is 11.4 Å². The first-order chi connectivity index (χ1) is 14.3. The first-order valence-electron chi connectivity index (χ1n) is 9.43. The normalized spacial score (nSPS) is 11.1. The fourth-order valence-electron chi connectivity index (χ4n) is 3.31. The van der Waals surface area contributed by atoms with Crippen LogP contribution in [0.4, 0.5) is 8.78 Å². The Labute approximate surface area is 176 Å². The minimum absolute atomic E-state index is 0.0957. The maximum absolute atomic E-state index is 14.8. The minimum atomic E-state index is -1.23. The van der Waals surface area contributed by atoms with Crippen LogP contribution in [-0.4, -0.2) is 28.2 Å². The van der Waals surface area contributed by atoms with Crippen LogP contribution in [0.25, 0.3) is 10.9 Å². The highest BCUT2D eigenvalue weighted by molar-refractivity contribution is 6.31. The molecule has 30 heavy (non-hydrogen) atoms. The lowest BCUT2D eigenvalue weighted by Gasteiger charge is -2.08. The molecule has 0 unspecified atom stereocenters. The molecule has 0 aliphatic rings. The van der Waals surface area contributed by atoms with E-state index < -0.39 is 29.3 Å². The van der Waals surface area contributed by atoms with Gasteiger partial charge in [0, 0.05) is 27.7 Å². The van der Waals surface area contributed by atoms with E-state index in [1.54, 1.807) is 12.1 Å². The van der Waals surface area contributed by atoms with E-state index in [4.69, 9.17) is 16.3 Å². The monoisotopic (exact) mass is 435 g/mol. The fraction of sp³-hybridized carbons (Fsp3) is 0.273. The summed E-state index contributed by atoms with van der Waals surface area (Å²) in [5.74, 6) is -4.80. The van der Waals surface area contributed by atoms with Crippen molar-refractivity contribution in [2.75, 3.05) is 6.61 Å². The summed E-state index contributed by atoms with van der Waals surface area (Å²) in [6.45, 7) is 3.68. The van der Waals surface area contributed by atoms with Gasteiger partial charge in [-0.15, -0.1) is 0 Å². The zero-order valence-corrected chi connectivity index (χ0v) is 17.2. The summed E-state index contributed by atoms with van der Waals surface area (Å²) >= 11 is 5.96. The number of rotatable bonds is 6. The number of hydrogen-bond acceptors (Lipinski definition) is 4. The maximum atomic E-state index is 14.8. The van der Waals surface area contributed by atoms with Crippen LogP contribution in [0.5, 0.6) is 5.75 Å². The van der Waals surface area contributed by atoms with Gasteiger partial charge in [0.05, 0.1) is 18.5 Å². The molecule has 0 radical (unpaired) electrons. The van der Waals surface area contributed by atoms with Gasteiger partial charge in [-0.05, 0) is 37.1 Å². The van der Waals surface area contributed by atoms with E-state index in [1.807, 2.05) is 6.92 Å². The van der Waals surface area contributed by atoms with Crippen molar-refractivity contribution >= 4 is 34.4 Å². The highest BCUT2D eigenvalue weighted by atomic mass is 35.5. The molecule has 1 aromatic heterocycles. The van der Waals surface area contributed by atoms with Gasteiger partial charge in [0.2, 0.25) is 0 Å². The molecule has 0 aliphatic heterocycles. The number of carbonyl (C=O) groups is 2. The number of phenols is 1. The SMILES string of the molecule is CCCCOC(=O)Cc1c(C)n(C(=O)c2cccc(Cl)c2)c2cc(F)c(O)c(F)c12. The number of phenolic OH excluding ortho intramolecular Hbond substituents is 1. The molecule has 0 atom stereocenters. The number of benzene rings is 2. The van der Waals surface area contributed by atoms with Crippen molar-refractivity contribution in [1.82, 2.24) is 4.57 Å². The third kappa shape index (κ3) is 4.03. The molecule has 0 amide bonds. The molecule has 0 aliphatic carbocycles. The first kappa shape index (κ1) is 21.8. The molecule has 1 N–H and O–H groups in total. The predicted octanol–water partition coefficient (Wildman–Crippen LogP) is 5.16. The number of ether oxygens (including phenoxy) is 1. The Morgan fingerprint density at radius 3 is 2.63 bits per heavy atom. The summed E-state index contributed by atoms with van der Waals surface area (Å²) in [4.78, 5) is 25.4. The van der Waals surface area contributed by atoms with E-state index in [2.05, 4.69) is 0 Å². The van der Waals surface area contributed by atoms with Gasteiger partial charge in [-0.1, -0.05) is 31.0 Å². The van der Waals surface area contributed by atoms with Gasteiger partial charge in [-0.25, -0.2) is 8.78 Å². The van der Waals surface area contributed by atoms with Crippen LogP contribution in [-0.2, 0) is 16.0 Å². The zero-order valence-electron chi connectivity index (χ0n) is 16.5. The van der Waals surface area contributed by atoms with Crippen LogP contribution in [0.2, 0.25) is 5.02 Å². The van der Waals surface area contributed by atoms with Crippen LogP contribution in [0.3, 0.4) is 0 Å². The lowest BCUT2D eigenvalue weighted by molar-refractivity contribution is -0.142. The van der Waals surface area contributed by atoms with Crippen molar-refractivity contribution in [2.45, 2.75) is 33.1 Å². The highest BCUT2D eigenvalue weighted by Crippen LogP contribution is 2.35. The van der Waals surface area contributed by atoms with Crippen LogP contribution < -0.4 is 0 Å². The molecule has 1 heterocycles. The topological polar surface area (TPSA) is 68.5 Å². The molecular formula is C22H20ClF2NO4. The smallest absolute Gasteiger partial charge is 0.310 e. The summed E-state index contributed by atoms with van der Waals surface area (Å²) in [5.41, 5.74) is 0.496. The van der Waals surface area contributed by atoms with Crippen molar-refractivity contribution in [3.05, 3.63) is 63.8 Å². The second-order valence-corrected chi connectivity index (χ2v) is 7.32. The van der Waals surface area contributed by atoms with Gasteiger partial charge >= 0.3 is 5.97 Å². The van der Waals surface area contributed by atoms with Crippen molar-refractivity contribution in [3.63, 3.8) is 0 Å². The van der Waals surface area contributed by atoms with E-state index >= 15 is 0 Å². The standard InChI is InChI=1S/C22H20ClF2NO4/c1-3-4-8-30-18(27)10-15-12(2)26(22(29)13-6-5-7-14(23)9-13)17-11-16(24)21(28)20(25)19(15)17/h5-7,9,11,28H,3-4,8,10H2,1-2H3. The summed E-state index contributed by atoms with van der Waals surface area (Å²) in [6, 6.07) is 6.99. The Hall–Kier alpha value is -2.93. The summed E-state index contributed by atoms with van der Waals surface area (Å²) in [5, 5.41) is 9.87. The molecule has 5 nitrogen and oxygen atoms in total. The van der Waals surface area contributed by atoms with Crippen molar-refractivity contribution in [2.24, 2.45) is 0 Å². The summed E-state index contributed by atoms with van der Waals surface area (Å²) < 4.78 is 35.2. The zero-order chi connectivity index (χ0) is 22.0. The van der Waals surface area contributed by atoms with Gasteiger partial charge in [0.1, 0.15) is 0 Å². The van der Waals surface area contributed by atoms with Crippen molar-refractivity contribution < 1.29 is 28.2 Å². The third-order valence-corrected chi connectivity index (χ3v) is 5.08. The molecule has 2 aromatic carbocycles. The number of aromatic nitrogens is 1. The van der Waals surface area contributed by atoms with Gasteiger partial charge in [-0.3, -0.25) is 14.2 Å². The van der Waals surface area contributed by atoms with E-state index in [9.17, 15) is 23.5 Å². The average molecular weight is 436 g/mol. The molecule has 3 aromatic rings. The molecule has 158 valence electrons. The Kier molecular flexibility index (Phi) is 6.41. The predicted molar refractivity (Wildman–Crippen MR) is 109 cm³/mol. The molecule has 0 saturated heterocycles. The van der Waals surface area contributed by atoms with Gasteiger partial charge in [-0.2, -0.15) is 0 Å². The van der Waals surface area contributed by atoms with Crippen LogP contribution in [0, 0.1) is 18.6 Å². The van der Waals surface area contributed by atoms with Crippen molar-refractivity contribution in [3.8, 4) is 5.75 Å². The summed E-state index contributed by atoms with van der Waals surface area (Å²) in [7, 11) is 0. The van der Waals surface area contributed by atoms with Crippen LogP contribution >= 0.6 is 11.6 Å². The minimum Gasteiger partial charge on any atom is -0.503 e. The maximum Gasteiger partial charge on any atom is 0.310 e. The fourth-order valence-corrected chi connectivity index (χ4v) is 3.50. The molecule has 0 fully saturated rings. The van der Waals surface area contributed by atoms with Gasteiger partial charge in [0.15, 0.2) is 17.4 Å². The van der Waals surface area contributed by atoms with Crippen molar-refractivity contribution in [1.29, 1.82) is 0 Å². The number of esters is 1. The van der Waals surface area contributed by atoms with Gasteiger partial charge < -0.3 is 9.84 Å². The molecule has 8 heteroatoms. The quantitative estimate of drug-likeness (QED) is 0.429. The largest absolute Gasteiger partial charge is 0.503 e. The molecular weight excluding hydrogens is 416 g/mol. The van der Waals surface area contributed by atoms with E-state index in [1.165, 1.54) is 19.1 Å². The Morgan fingerprint density at radius 2 is 1.97 bits per heavy atom. The lowest BCUT2D eigenvalue weighted by Crippen LogP contribution is -2.15. The number of nitrogens with zero attached hydrogens (tertiary/aromatic N) is 1. The number of aromatic hydroxyl groups is 1. The van der Waals surface area contributed by atoms with E-state index in [0.717, 1.165) is 17.1 Å². The summed E-state index contributed by atoms with van der Waals surface area (Å²) in [6.07, 6.45) is 1.19.